The van der Waals surface area contributed by atoms with Gasteiger partial charge in [0, 0.05) is 32.7 Å². The first-order valence-corrected chi connectivity index (χ1v) is 10.6. The summed E-state index contributed by atoms with van der Waals surface area (Å²) < 4.78 is 5.19. The number of ether oxygens (including phenoxy) is 1. The molecular formula is C22H25Cl2N3O3. The second kappa shape index (κ2) is 10.7. The van der Waals surface area contributed by atoms with Crippen molar-refractivity contribution in [2.75, 3.05) is 32.7 Å². The molecule has 2 N–H and O–H groups in total. The second-order valence-corrected chi connectivity index (χ2v) is 8.08. The lowest BCUT2D eigenvalue weighted by atomic mass is 10.1. The molecule has 1 heterocycles. The van der Waals surface area contributed by atoms with Crippen LogP contribution in [0.1, 0.15) is 23.7 Å². The Kier molecular flexibility index (Phi) is 7.96. The molecule has 1 aliphatic heterocycles. The van der Waals surface area contributed by atoms with Crippen molar-refractivity contribution in [3.8, 4) is 0 Å². The molecule has 30 heavy (non-hydrogen) atoms. The van der Waals surface area contributed by atoms with Crippen LogP contribution in [-0.4, -0.2) is 54.5 Å². The van der Waals surface area contributed by atoms with Gasteiger partial charge in [0.2, 0.25) is 5.91 Å². The quantitative estimate of drug-likeness (QED) is 0.694. The Balaban J connectivity index is 1.49. The Morgan fingerprint density at radius 3 is 2.33 bits per heavy atom. The highest BCUT2D eigenvalue weighted by atomic mass is 35.5. The highest BCUT2D eigenvalue weighted by Gasteiger charge is 2.26. The first kappa shape index (κ1) is 22.4. The Morgan fingerprint density at radius 2 is 1.70 bits per heavy atom. The molecule has 6 nitrogen and oxygen atoms in total. The first-order valence-electron chi connectivity index (χ1n) is 9.87. The Labute approximate surface area is 186 Å². The number of hydrogen-bond acceptors (Lipinski definition) is 4. The Morgan fingerprint density at radius 1 is 1.00 bits per heavy atom. The zero-order valence-corrected chi connectivity index (χ0v) is 18.1. The van der Waals surface area contributed by atoms with Crippen LogP contribution >= 0.6 is 23.2 Å². The molecule has 3 rings (SSSR count). The average Bonchev–Trinajstić information content (AvgIpc) is 2.75. The van der Waals surface area contributed by atoms with Gasteiger partial charge in [-0.25, -0.2) is 4.79 Å². The van der Waals surface area contributed by atoms with E-state index in [0.717, 1.165) is 37.2 Å². The van der Waals surface area contributed by atoms with Gasteiger partial charge in [0.25, 0.3) is 0 Å². The van der Waals surface area contributed by atoms with Crippen molar-refractivity contribution >= 4 is 35.2 Å². The van der Waals surface area contributed by atoms with Crippen molar-refractivity contribution in [3.05, 3.63) is 69.7 Å². The van der Waals surface area contributed by atoms with Gasteiger partial charge in [-0.1, -0.05) is 59.6 Å². The highest BCUT2D eigenvalue weighted by Crippen LogP contribution is 2.24. The molecule has 2 aromatic carbocycles. The molecule has 160 valence electrons. The van der Waals surface area contributed by atoms with Crippen molar-refractivity contribution in [1.29, 1.82) is 0 Å². The number of nitrogens with zero attached hydrogens (tertiary/aromatic N) is 2. The van der Waals surface area contributed by atoms with Gasteiger partial charge in [0.05, 0.1) is 16.5 Å². The molecule has 0 aliphatic carbocycles. The number of benzene rings is 2. The minimum absolute atomic E-state index is 0.0470. The smallest absolute Gasteiger partial charge is 0.405 e. The number of piperazine rings is 1. The number of hydrogen-bond donors (Lipinski definition) is 1. The maximum atomic E-state index is 12.8. The van der Waals surface area contributed by atoms with Crippen LogP contribution in [0, 0.1) is 0 Å². The molecule has 1 unspecified atom stereocenters. The highest BCUT2D eigenvalue weighted by molar-refractivity contribution is 6.42. The van der Waals surface area contributed by atoms with Crippen molar-refractivity contribution in [2.24, 2.45) is 5.73 Å². The fourth-order valence-corrected chi connectivity index (χ4v) is 3.85. The van der Waals surface area contributed by atoms with Crippen LogP contribution in [0.5, 0.6) is 0 Å². The first-order chi connectivity index (χ1) is 14.4. The van der Waals surface area contributed by atoms with Gasteiger partial charge in [0.15, 0.2) is 0 Å². The van der Waals surface area contributed by atoms with E-state index >= 15 is 0 Å². The third kappa shape index (κ3) is 6.36. The molecule has 1 fully saturated rings. The number of nitrogens with two attached hydrogens (primary N) is 1. The molecule has 0 spiro atoms. The summed E-state index contributed by atoms with van der Waals surface area (Å²) >= 11 is 12.0. The monoisotopic (exact) mass is 449 g/mol. The van der Waals surface area contributed by atoms with E-state index < -0.39 is 12.2 Å². The lowest BCUT2D eigenvalue weighted by molar-refractivity contribution is -0.135. The Bertz CT molecular complexity index is 871. The van der Waals surface area contributed by atoms with E-state index in [0.29, 0.717) is 23.1 Å². The third-order valence-electron chi connectivity index (χ3n) is 5.22. The summed E-state index contributed by atoms with van der Waals surface area (Å²) in [6, 6.07) is 14.9. The number of primary amides is 1. The molecule has 1 aliphatic rings. The van der Waals surface area contributed by atoms with Crippen molar-refractivity contribution in [2.45, 2.75) is 18.9 Å². The predicted molar refractivity (Wildman–Crippen MR) is 118 cm³/mol. The van der Waals surface area contributed by atoms with Gasteiger partial charge < -0.3 is 15.4 Å². The number of amides is 2. The third-order valence-corrected chi connectivity index (χ3v) is 5.95. The lowest BCUT2D eigenvalue weighted by Crippen LogP contribution is -2.49. The maximum Gasteiger partial charge on any atom is 0.405 e. The lowest BCUT2D eigenvalue weighted by Gasteiger charge is -2.35. The van der Waals surface area contributed by atoms with Crippen LogP contribution in [0.4, 0.5) is 4.79 Å². The predicted octanol–water partition coefficient (Wildman–Crippen LogP) is 3.91. The summed E-state index contributed by atoms with van der Waals surface area (Å²) in [6.07, 6.45) is -0.614. The van der Waals surface area contributed by atoms with Gasteiger partial charge in [-0.3, -0.25) is 9.69 Å². The molecule has 0 radical (unpaired) electrons. The summed E-state index contributed by atoms with van der Waals surface area (Å²) in [5.74, 6) is -0.0470. The van der Waals surface area contributed by atoms with Crippen LogP contribution in [0.15, 0.2) is 48.5 Å². The van der Waals surface area contributed by atoms with Crippen LogP contribution < -0.4 is 5.73 Å². The summed E-state index contributed by atoms with van der Waals surface area (Å²) in [5, 5.41) is 1.12. The molecule has 8 heteroatoms. The van der Waals surface area contributed by atoms with Crippen LogP contribution in [0.3, 0.4) is 0 Å². The number of carbonyl (C=O) groups excluding carboxylic acids is 2. The minimum Gasteiger partial charge on any atom is -0.441 e. The summed E-state index contributed by atoms with van der Waals surface area (Å²) in [7, 11) is 0. The zero-order valence-electron chi connectivity index (χ0n) is 16.6. The van der Waals surface area contributed by atoms with E-state index in [-0.39, 0.29) is 12.3 Å². The van der Waals surface area contributed by atoms with E-state index in [1.54, 1.807) is 0 Å². The molecule has 1 atom stereocenters. The van der Waals surface area contributed by atoms with Gasteiger partial charge in [-0.15, -0.1) is 0 Å². The van der Waals surface area contributed by atoms with Gasteiger partial charge in [0.1, 0.15) is 6.10 Å². The fourth-order valence-electron chi connectivity index (χ4n) is 3.53. The van der Waals surface area contributed by atoms with E-state index in [1.807, 2.05) is 53.4 Å². The fraction of sp³-hybridized carbons (Fsp3) is 0.364. The summed E-state index contributed by atoms with van der Waals surface area (Å²) in [6.45, 7) is 3.74. The van der Waals surface area contributed by atoms with Crippen molar-refractivity contribution in [1.82, 2.24) is 9.80 Å². The Hall–Kier alpha value is -2.28. The number of halogens is 2. The van der Waals surface area contributed by atoms with Crippen LogP contribution in [0.25, 0.3) is 0 Å². The second-order valence-electron chi connectivity index (χ2n) is 7.26. The van der Waals surface area contributed by atoms with E-state index in [9.17, 15) is 9.59 Å². The van der Waals surface area contributed by atoms with Crippen LogP contribution in [-0.2, 0) is 16.0 Å². The van der Waals surface area contributed by atoms with Gasteiger partial charge >= 0.3 is 6.09 Å². The normalized spacial score (nSPS) is 15.6. The van der Waals surface area contributed by atoms with Gasteiger partial charge in [-0.2, -0.15) is 0 Å². The molecule has 2 aromatic rings. The zero-order chi connectivity index (χ0) is 21.5. The van der Waals surface area contributed by atoms with Crippen LogP contribution in [0.2, 0.25) is 10.0 Å². The standard InChI is InChI=1S/C22H25Cl2N3O3/c23-18-7-6-16(14-19(18)24)8-9-26-10-12-27(13-11-26)21(28)15-20(30-22(25)29)17-4-2-1-3-5-17/h1-7,14,20H,8-13,15H2,(H2,25,29). The molecular weight excluding hydrogens is 425 g/mol. The largest absolute Gasteiger partial charge is 0.441 e. The molecule has 2 amide bonds. The van der Waals surface area contributed by atoms with Gasteiger partial charge in [-0.05, 0) is 29.7 Å². The molecule has 0 bridgehead atoms. The maximum absolute atomic E-state index is 12.8. The summed E-state index contributed by atoms with van der Waals surface area (Å²) in [5.41, 5.74) is 7.08. The summed E-state index contributed by atoms with van der Waals surface area (Å²) in [4.78, 5) is 28.2. The molecule has 0 saturated carbocycles. The number of carbonyl (C=O) groups is 2. The van der Waals surface area contributed by atoms with E-state index in [4.69, 9.17) is 33.7 Å². The SMILES string of the molecule is NC(=O)OC(CC(=O)N1CCN(CCc2ccc(Cl)c(Cl)c2)CC1)c1ccccc1. The van der Waals surface area contributed by atoms with E-state index in [1.165, 1.54) is 0 Å². The average molecular weight is 450 g/mol. The molecule has 0 aromatic heterocycles. The van der Waals surface area contributed by atoms with E-state index in [2.05, 4.69) is 4.90 Å². The number of rotatable bonds is 7. The van der Waals surface area contributed by atoms with Crippen molar-refractivity contribution in [3.63, 3.8) is 0 Å². The minimum atomic E-state index is -0.885. The topological polar surface area (TPSA) is 75.9 Å². The molecule has 1 saturated heterocycles. The van der Waals surface area contributed by atoms with Crippen molar-refractivity contribution < 1.29 is 14.3 Å².